The lowest BCUT2D eigenvalue weighted by Gasteiger charge is -2.21. The van der Waals surface area contributed by atoms with Gasteiger partial charge in [-0.15, -0.1) is 6.58 Å². The number of nitrogens with zero attached hydrogens (tertiary/aromatic N) is 4. The predicted octanol–water partition coefficient (Wildman–Crippen LogP) is 3.42. The monoisotopic (exact) mass is 422 g/mol. The molecular formula is C22H19FN4O4. The number of aromatic nitrogens is 2. The summed E-state index contributed by atoms with van der Waals surface area (Å²) in [4.78, 5) is 37.7. The van der Waals surface area contributed by atoms with Gasteiger partial charge in [0.25, 0.3) is 11.6 Å². The van der Waals surface area contributed by atoms with E-state index in [1.54, 1.807) is 19.1 Å². The third-order valence-electron chi connectivity index (χ3n) is 4.57. The number of carbonyl (C=O) groups excluding carboxylic acids is 1. The van der Waals surface area contributed by atoms with Crippen LogP contribution in [0.1, 0.15) is 21.7 Å². The second-order valence-corrected chi connectivity index (χ2v) is 6.72. The van der Waals surface area contributed by atoms with E-state index in [0.29, 0.717) is 5.69 Å². The maximum absolute atomic E-state index is 14.1. The van der Waals surface area contributed by atoms with E-state index < -0.39 is 27.8 Å². The van der Waals surface area contributed by atoms with E-state index in [9.17, 15) is 24.1 Å². The normalized spacial score (nSPS) is 10.5. The predicted molar refractivity (Wildman–Crippen MR) is 113 cm³/mol. The third kappa shape index (κ3) is 4.55. The highest BCUT2D eigenvalue weighted by molar-refractivity contribution is 5.92. The van der Waals surface area contributed by atoms with Crippen molar-refractivity contribution in [2.45, 2.75) is 13.5 Å². The molecular weight excluding hydrogens is 403 g/mol. The molecule has 3 aromatic rings. The molecule has 0 unspecified atom stereocenters. The average molecular weight is 422 g/mol. The summed E-state index contributed by atoms with van der Waals surface area (Å²) in [5.41, 5.74) is -0.594. The quantitative estimate of drug-likeness (QED) is 0.330. The molecule has 0 atom stereocenters. The van der Waals surface area contributed by atoms with Crippen LogP contribution in [0.15, 0.2) is 72.0 Å². The summed E-state index contributed by atoms with van der Waals surface area (Å²) < 4.78 is 15.3. The SMILES string of the molecule is C=CCN(Cc1ccccc1F)C(=O)c1nn(-c2ccccc2[N+](=O)[O-])c(C)cc1=O. The Morgan fingerprint density at radius 3 is 2.61 bits per heavy atom. The molecule has 158 valence electrons. The van der Waals surface area contributed by atoms with Crippen LogP contribution in [0.2, 0.25) is 0 Å². The van der Waals surface area contributed by atoms with E-state index in [4.69, 9.17) is 0 Å². The molecule has 0 spiro atoms. The van der Waals surface area contributed by atoms with Crippen LogP contribution in [0.5, 0.6) is 0 Å². The van der Waals surface area contributed by atoms with Gasteiger partial charge in [0, 0.05) is 36.5 Å². The summed E-state index contributed by atoms with van der Waals surface area (Å²) in [6.07, 6.45) is 1.45. The van der Waals surface area contributed by atoms with Crippen molar-refractivity contribution in [2.75, 3.05) is 6.54 Å². The van der Waals surface area contributed by atoms with E-state index in [1.807, 2.05) is 0 Å². The third-order valence-corrected chi connectivity index (χ3v) is 4.57. The maximum Gasteiger partial charge on any atom is 0.294 e. The van der Waals surface area contributed by atoms with Gasteiger partial charge in [-0.2, -0.15) is 5.10 Å². The van der Waals surface area contributed by atoms with Crippen molar-refractivity contribution in [3.63, 3.8) is 0 Å². The van der Waals surface area contributed by atoms with Gasteiger partial charge in [0.1, 0.15) is 11.5 Å². The van der Waals surface area contributed by atoms with E-state index in [0.717, 1.165) is 0 Å². The van der Waals surface area contributed by atoms with Gasteiger partial charge in [-0.1, -0.05) is 36.4 Å². The van der Waals surface area contributed by atoms with Crippen molar-refractivity contribution in [3.8, 4) is 5.69 Å². The summed E-state index contributed by atoms with van der Waals surface area (Å²) in [6.45, 7) is 5.11. The molecule has 0 aliphatic heterocycles. The highest BCUT2D eigenvalue weighted by Crippen LogP contribution is 2.22. The smallest absolute Gasteiger partial charge is 0.294 e. The molecule has 1 aromatic heterocycles. The highest BCUT2D eigenvalue weighted by atomic mass is 19.1. The van der Waals surface area contributed by atoms with Crippen LogP contribution in [-0.2, 0) is 6.54 Å². The zero-order chi connectivity index (χ0) is 22.5. The number of carbonyl (C=O) groups is 1. The fourth-order valence-electron chi connectivity index (χ4n) is 3.09. The Kier molecular flexibility index (Phi) is 6.35. The first kappa shape index (κ1) is 21.6. The van der Waals surface area contributed by atoms with Crippen molar-refractivity contribution in [2.24, 2.45) is 0 Å². The first-order valence-corrected chi connectivity index (χ1v) is 9.31. The Labute approximate surface area is 177 Å². The molecule has 0 radical (unpaired) electrons. The largest absolute Gasteiger partial charge is 0.329 e. The van der Waals surface area contributed by atoms with Crippen molar-refractivity contribution >= 4 is 11.6 Å². The molecule has 31 heavy (non-hydrogen) atoms. The molecule has 3 rings (SSSR count). The lowest BCUT2D eigenvalue weighted by atomic mass is 10.2. The van der Waals surface area contributed by atoms with Crippen molar-refractivity contribution in [3.05, 3.63) is 110 Å². The van der Waals surface area contributed by atoms with Crippen LogP contribution in [0.3, 0.4) is 0 Å². The van der Waals surface area contributed by atoms with Crippen LogP contribution in [0, 0.1) is 22.9 Å². The number of aryl methyl sites for hydroxylation is 1. The van der Waals surface area contributed by atoms with Crippen LogP contribution in [-0.4, -0.2) is 32.1 Å². The molecule has 0 fully saturated rings. The molecule has 0 saturated carbocycles. The first-order valence-electron chi connectivity index (χ1n) is 9.31. The molecule has 0 N–H and O–H groups in total. The molecule has 0 aliphatic rings. The molecule has 9 heteroatoms. The summed E-state index contributed by atoms with van der Waals surface area (Å²) >= 11 is 0. The molecule has 1 amide bonds. The van der Waals surface area contributed by atoms with Gasteiger partial charge in [0.05, 0.1) is 4.92 Å². The summed E-state index contributed by atoms with van der Waals surface area (Å²) in [5.74, 6) is -1.22. The number of benzene rings is 2. The number of hydrogen-bond acceptors (Lipinski definition) is 5. The minimum absolute atomic E-state index is 0.0493. The van der Waals surface area contributed by atoms with E-state index in [-0.39, 0.29) is 30.0 Å². The van der Waals surface area contributed by atoms with Gasteiger partial charge >= 0.3 is 0 Å². The number of hydrogen-bond donors (Lipinski definition) is 0. The van der Waals surface area contributed by atoms with Gasteiger partial charge in [0.15, 0.2) is 5.69 Å². The lowest BCUT2D eigenvalue weighted by Crippen LogP contribution is -2.36. The molecule has 8 nitrogen and oxygen atoms in total. The highest BCUT2D eigenvalue weighted by Gasteiger charge is 2.24. The van der Waals surface area contributed by atoms with Gasteiger partial charge in [-0.05, 0) is 19.1 Å². The van der Waals surface area contributed by atoms with Gasteiger partial charge in [-0.3, -0.25) is 19.7 Å². The zero-order valence-electron chi connectivity index (χ0n) is 16.7. The standard InChI is InChI=1S/C22H19FN4O4/c1-3-12-25(14-16-8-4-5-9-17(16)23)22(29)21-20(28)13-15(2)26(24-21)18-10-6-7-11-19(18)27(30)31/h3-11,13H,1,12,14H2,2H3. The average Bonchev–Trinajstić information content (AvgIpc) is 2.74. The minimum Gasteiger partial charge on any atom is -0.329 e. The van der Waals surface area contributed by atoms with E-state index in [1.165, 1.54) is 58.1 Å². The number of halogens is 1. The van der Waals surface area contributed by atoms with Crippen LogP contribution in [0.25, 0.3) is 5.69 Å². The number of rotatable bonds is 7. The molecule has 0 saturated heterocycles. The number of para-hydroxylation sites is 2. The second-order valence-electron chi connectivity index (χ2n) is 6.72. The number of nitro groups is 1. The number of amides is 1. The topological polar surface area (TPSA) is 98.3 Å². The fraction of sp³-hybridized carbons (Fsp3) is 0.136. The van der Waals surface area contributed by atoms with E-state index in [2.05, 4.69) is 11.7 Å². The summed E-state index contributed by atoms with van der Waals surface area (Å²) in [5, 5.41) is 15.5. The van der Waals surface area contributed by atoms with Gasteiger partial charge in [0.2, 0.25) is 5.43 Å². The van der Waals surface area contributed by atoms with Gasteiger partial charge < -0.3 is 4.90 Å². The van der Waals surface area contributed by atoms with Crippen LogP contribution in [0.4, 0.5) is 10.1 Å². The minimum atomic E-state index is -0.736. The number of nitro benzene ring substituents is 1. The molecule has 1 heterocycles. The Morgan fingerprint density at radius 2 is 1.94 bits per heavy atom. The van der Waals surface area contributed by atoms with Crippen LogP contribution < -0.4 is 5.43 Å². The molecule has 0 bridgehead atoms. The van der Waals surface area contributed by atoms with Crippen molar-refractivity contribution in [1.29, 1.82) is 0 Å². The lowest BCUT2D eigenvalue weighted by molar-refractivity contribution is -0.384. The summed E-state index contributed by atoms with van der Waals surface area (Å²) in [6, 6.07) is 13.0. The second kappa shape index (κ2) is 9.12. The zero-order valence-corrected chi connectivity index (χ0v) is 16.7. The first-order chi connectivity index (χ1) is 14.8. The Bertz CT molecular complexity index is 1220. The van der Waals surface area contributed by atoms with Crippen LogP contribution >= 0.6 is 0 Å². The maximum atomic E-state index is 14.1. The Morgan fingerprint density at radius 1 is 1.26 bits per heavy atom. The molecule has 2 aromatic carbocycles. The molecule has 0 aliphatic carbocycles. The van der Waals surface area contributed by atoms with E-state index >= 15 is 0 Å². The fourth-order valence-corrected chi connectivity index (χ4v) is 3.09. The van der Waals surface area contributed by atoms with Crippen molar-refractivity contribution in [1.82, 2.24) is 14.7 Å². The Balaban J connectivity index is 2.07. The summed E-state index contributed by atoms with van der Waals surface area (Å²) in [7, 11) is 0. The van der Waals surface area contributed by atoms with Gasteiger partial charge in [-0.25, -0.2) is 9.07 Å². The Hall–Kier alpha value is -4.14. The van der Waals surface area contributed by atoms with Crippen molar-refractivity contribution < 1.29 is 14.1 Å².